The van der Waals surface area contributed by atoms with Crippen LogP contribution in [0.1, 0.15) is 37.1 Å². The van der Waals surface area contributed by atoms with Crippen molar-refractivity contribution in [1.82, 2.24) is 0 Å². The van der Waals surface area contributed by atoms with Gasteiger partial charge in [0.2, 0.25) is 12.7 Å². The first-order valence-electron chi connectivity index (χ1n) is 9.43. The second-order valence-electron chi connectivity index (χ2n) is 6.70. The molecule has 0 radical (unpaired) electrons. The van der Waals surface area contributed by atoms with Crippen LogP contribution in [-0.4, -0.2) is 25.1 Å². The SMILES string of the molecule is CCCCCOc1ccc(N2C(=O)CS[C@H]2c2cc3c(cc2Br)OCO3)cc1. The fraction of sp³-hybridized carbons (Fsp3) is 0.381. The summed E-state index contributed by atoms with van der Waals surface area (Å²) in [6.45, 7) is 3.12. The summed E-state index contributed by atoms with van der Waals surface area (Å²) in [5.41, 5.74) is 1.87. The maximum absolute atomic E-state index is 12.6. The lowest BCUT2D eigenvalue weighted by atomic mass is 10.1. The number of halogens is 1. The molecular formula is C21H22BrNO4S. The number of hydrogen-bond acceptors (Lipinski definition) is 5. The Hall–Kier alpha value is -1.86. The van der Waals surface area contributed by atoms with E-state index in [1.165, 1.54) is 12.8 Å². The first-order valence-corrected chi connectivity index (χ1v) is 11.3. The summed E-state index contributed by atoms with van der Waals surface area (Å²) in [6, 6.07) is 11.6. The Morgan fingerprint density at radius 2 is 1.93 bits per heavy atom. The van der Waals surface area contributed by atoms with E-state index >= 15 is 0 Å². The molecule has 2 aromatic carbocycles. The van der Waals surface area contributed by atoms with Crippen molar-refractivity contribution in [3.63, 3.8) is 0 Å². The maximum atomic E-state index is 12.6. The number of anilines is 1. The predicted molar refractivity (Wildman–Crippen MR) is 114 cm³/mol. The highest BCUT2D eigenvalue weighted by Crippen LogP contribution is 2.47. The quantitative estimate of drug-likeness (QED) is 0.505. The zero-order valence-corrected chi connectivity index (χ0v) is 18.1. The van der Waals surface area contributed by atoms with E-state index in [1.54, 1.807) is 11.8 Å². The van der Waals surface area contributed by atoms with Crippen LogP contribution in [0, 0.1) is 0 Å². The second kappa shape index (κ2) is 8.66. The van der Waals surface area contributed by atoms with E-state index in [4.69, 9.17) is 14.2 Å². The zero-order valence-electron chi connectivity index (χ0n) is 15.7. The molecule has 2 aliphatic heterocycles. The lowest BCUT2D eigenvalue weighted by Crippen LogP contribution is -2.27. The molecule has 1 amide bonds. The van der Waals surface area contributed by atoms with Crippen molar-refractivity contribution in [2.45, 2.75) is 31.6 Å². The molecule has 2 heterocycles. The van der Waals surface area contributed by atoms with Gasteiger partial charge in [-0.3, -0.25) is 9.69 Å². The number of carbonyl (C=O) groups is 1. The number of benzene rings is 2. The Labute approximate surface area is 177 Å². The van der Waals surface area contributed by atoms with Crippen LogP contribution < -0.4 is 19.1 Å². The molecule has 28 heavy (non-hydrogen) atoms. The fourth-order valence-electron chi connectivity index (χ4n) is 3.30. The third-order valence-electron chi connectivity index (χ3n) is 4.76. The van der Waals surface area contributed by atoms with E-state index in [0.29, 0.717) is 11.5 Å². The molecule has 148 valence electrons. The molecule has 1 atom stereocenters. The van der Waals surface area contributed by atoms with Crippen LogP contribution in [0.2, 0.25) is 0 Å². The molecule has 1 fully saturated rings. The molecule has 0 aliphatic carbocycles. The number of thioether (sulfide) groups is 1. The van der Waals surface area contributed by atoms with Gasteiger partial charge in [0.15, 0.2) is 11.5 Å². The summed E-state index contributed by atoms with van der Waals surface area (Å²) in [7, 11) is 0. The van der Waals surface area contributed by atoms with Gasteiger partial charge in [-0.2, -0.15) is 0 Å². The smallest absolute Gasteiger partial charge is 0.238 e. The molecule has 4 rings (SSSR count). The number of carbonyl (C=O) groups excluding carboxylic acids is 1. The van der Waals surface area contributed by atoms with Gasteiger partial charge >= 0.3 is 0 Å². The average Bonchev–Trinajstić information content (AvgIpc) is 3.31. The minimum Gasteiger partial charge on any atom is -0.494 e. The Morgan fingerprint density at radius 3 is 2.68 bits per heavy atom. The number of fused-ring (bicyclic) bond motifs is 1. The van der Waals surface area contributed by atoms with Crippen LogP contribution >= 0.6 is 27.7 Å². The van der Waals surface area contributed by atoms with Crippen LogP contribution in [0.3, 0.4) is 0 Å². The molecule has 1 saturated heterocycles. The number of amides is 1. The van der Waals surface area contributed by atoms with E-state index in [9.17, 15) is 4.79 Å². The normalized spacial score (nSPS) is 18.0. The molecule has 0 bridgehead atoms. The number of ether oxygens (including phenoxy) is 3. The van der Waals surface area contributed by atoms with Crippen LogP contribution in [0.15, 0.2) is 40.9 Å². The van der Waals surface area contributed by atoms with Gasteiger partial charge in [-0.15, -0.1) is 11.8 Å². The number of unbranched alkanes of at least 4 members (excludes halogenated alkanes) is 2. The summed E-state index contributed by atoms with van der Waals surface area (Å²) in [5, 5.41) is -0.118. The lowest BCUT2D eigenvalue weighted by molar-refractivity contribution is -0.115. The summed E-state index contributed by atoms with van der Waals surface area (Å²) >= 11 is 5.23. The first-order chi connectivity index (χ1) is 13.7. The van der Waals surface area contributed by atoms with Crippen molar-refractivity contribution in [3.8, 4) is 17.2 Å². The molecular weight excluding hydrogens is 442 g/mol. The molecule has 0 spiro atoms. The Bertz CT molecular complexity index is 858. The van der Waals surface area contributed by atoms with Crippen molar-refractivity contribution in [3.05, 3.63) is 46.4 Å². The molecule has 2 aliphatic rings. The number of hydrogen-bond donors (Lipinski definition) is 0. The molecule has 2 aromatic rings. The van der Waals surface area contributed by atoms with Crippen LogP contribution in [0.5, 0.6) is 17.2 Å². The third-order valence-corrected chi connectivity index (χ3v) is 6.64. The van der Waals surface area contributed by atoms with Crippen LogP contribution in [0.25, 0.3) is 0 Å². The largest absolute Gasteiger partial charge is 0.494 e. The van der Waals surface area contributed by atoms with E-state index in [-0.39, 0.29) is 18.1 Å². The summed E-state index contributed by atoms with van der Waals surface area (Å²) in [5.74, 6) is 2.81. The van der Waals surface area contributed by atoms with Gasteiger partial charge in [0.25, 0.3) is 0 Å². The van der Waals surface area contributed by atoms with E-state index < -0.39 is 0 Å². The van der Waals surface area contributed by atoms with Gasteiger partial charge in [0, 0.05) is 15.7 Å². The highest BCUT2D eigenvalue weighted by atomic mass is 79.9. The number of nitrogens with zero attached hydrogens (tertiary/aromatic N) is 1. The van der Waals surface area contributed by atoms with Crippen LogP contribution in [-0.2, 0) is 4.79 Å². The van der Waals surface area contributed by atoms with Gasteiger partial charge < -0.3 is 14.2 Å². The molecule has 0 N–H and O–H groups in total. The van der Waals surface area contributed by atoms with Gasteiger partial charge in [0.1, 0.15) is 11.1 Å². The zero-order chi connectivity index (χ0) is 19.5. The Morgan fingerprint density at radius 1 is 1.18 bits per heavy atom. The molecule has 0 unspecified atom stereocenters. The summed E-state index contributed by atoms with van der Waals surface area (Å²) in [4.78, 5) is 14.5. The second-order valence-corrected chi connectivity index (χ2v) is 8.63. The highest BCUT2D eigenvalue weighted by Gasteiger charge is 2.36. The third kappa shape index (κ3) is 3.96. The minimum absolute atomic E-state index is 0.0937. The lowest BCUT2D eigenvalue weighted by Gasteiger charge is -2.25. The standard InChI is InChI=1S/C21H22BrNO4S/c1-2-3-4-9-25-15-7-5-14(6-8-15)23-20(24)12-28-21(23)16-10-18-19(11-17(16)22)27-13-26-18/h5-8,10-11,21H,2-4,9,12-13H2,1H3/t21-/m0/s1. The predicted octanol–water partition coefficient (Wildman–Crippen LogP) is 5.53. The van der Waals surface area contributed by atoms with Crippen LogP contribution in [0.4, 0.5) is 5.69 Å². The topological polar surface area (TPSA) is 48.0 Å². The van der Waals surface area contributed by atoms with Gasteiger partial charge in [-0.25, -0.2) is 0 Å². The van der Waals surface area contributed by atoms with Gasteiger partial charge in [-0.1, -0.05) is 35.7 Å². The van der Waals surface area contributed by atoms with E-state index in [2.05, 4.69) is 22.9 Å². The van der Waals surface area contributed by atoms with Crippen molar-refractivity contribution < 1.29 is 19.0 Å². The first kappa shape index (κ1) is 19.5. The monoisotopic (exact) mass is 463 g/mol. The van der Waals surface area contributed by atoms with Crippen molar-refractivity contribution in [1.29, 1.82) is 0 Å². The highest BCUT2D eigenvalue weighted by molar-refractivity contribution is 9.10. The van der Waals surface area contributed by atoms with E-state index in [1.807, 2.05) is 41.3 Å². The average molecular weight is 464 g/mol. The van der Waals surface area contributed by atoms with Crippen molar-refractivity contribution in [2.75, 3.05) is 24.1 Å². The molecule has 0 saturated carbocycles. The van der Waals surface area contributed by atoms with Crippen molar-refractivity contribution in [2.24, 2.45) is 0 Å². The summed E-state index contributed by atoms with van der Waals surface area (Å²) in [6.07, 6.45) is 3.40. The Kier molecular flexibility index (Phi) is 6.01. The molecule has 0 aromatic heterocycles. The van der Waals surface area contributed by atoms with Crippen molar-refractivity contribution >= 4 is 39.3 Å². The van der Waals surface area contributed by atoms with E-state index in [0.717, 1.165) is 40.3 Å². The number of rotatable bonds is 7. The van der Waals surface area contributed by atoms with Gasteiger partial charge in [0.05, 0.1) is 12.4 Å². The molecule has 5 nitrogen and oxygen atoms in total. The summed E-state index contributed by atoms with van der Waals surface area (Å²) < 4.78 is 17.7. The minimum atomic E-state index is -0.118. The molecule has 7 heteroatoms. The fourth-order valence-corrected chi connectivity index (χ4v) is 5.19. The van der Waals surface area contributed by atoms with Gasteiger partial charge in [-0.05, 0) is 42.8 Å². The Balaban J connectivity index is 1.54. The maximum Gasteiger partial charge on any atom is 0.238 e.